The van der Waals surface area contributed by atoms with Crippen LogP contribution in [0.15, 0.2) is 58.5 Å². The van der Waals surface area contributed by atoms with E-state index in [-0.39, 0.29) is 10.5 Å². The van der Waals surface area contributed by atoms with Gasteiger partial charge in [-0.3, -0.25) is 0 Å². The van der Waals surface area contributed by atoms with E-state index < -0.39 is 21.8 Å². The van der Waals surface area contributed by atoms with Gasteiger partial charge < -0.3 is 5.11 Å². The largest absolute Gasteiger partial charge is 0.478 e. The summed E-state index contributed by atoms with van der Waals surface area (Å²) in [7, 11) is -2.25. The molecule has 0 heterocycles. The Morgan fingerprint density at radius 3 is 2.44 bits per heavy atom. The van der Waals surface area contributed by atoms with Gasteiger partial charge in [0, 0.05) is 0 Å². The highest BCUT2D eigenvalue weighted by Gasteiger charge is 2.26. The van der Waals surface area contributed by atoms with E-state index in [1.807, 2.05) is 6.92 Å². The van der Waals surface area contributed by atoms with Crippen molar-refractivity contribution in [1.82, 2.24) is 4.72 Å². The van der Waals surface area contributed by atoms with Crippen molar-refractivity contribution in [3.05, 3.63) is 76.1 Å². The van der Waals surface area contributed by atoms with Crippen LogP contribution in [0, 0.1) is 5.82 Å². The molecule has 0 atom stereocenters. The molecule has 7 heteroatoms. The summed E-state index contributed by atoms with van der Waals surface area (Å²) in [5, 5.41) is 9.73. The number of allylic oxidation sites excluding steroid dienone is 1. The maximum absolute atomic E-state index is 13.7. The Bertz CT molecular complexity index is 1080. The second-order valence-electron chi connectivity index (χ2n) is 6.27. The molecule has 0 saturated carbocycles. The summed E-state index contributed by atoms with van der Waals surface area (Å²) in [5.41, 5.74) is 3.39. The minimum absolute atomic E-state index is 0.0427. The van der Waals surface area contributed by atoms with E-state index in [2.05, 4.69) is 4.72 Å². The number of carbonyl (C=O) groups is 1. The Labute approximate surface area is 156 Å². The van der Waals surface area contributed by atoms with Gasteiger partial charge in [0.05, 0.1) is 10.5 Å². The van der Waals surface area contributed by atoms with Crippen molar-refractivity contribution in [2.75, 3.05) is 7.05 Å². The fraction of sp³-hybridized carbons (Fsp3) is 0.150. The first-order valence-corrected chi connectivity index (χ1v) is 9.69. The van der Waals surface area contributed by atoms with Crippen LogP contribution in [0.2, 0.25) is 0 Å². The molecule has 27 heavy (non-hydrogen) atoms. The zero-order chi connectivity index (χ0) is 19.8. The van der Waals surface area contributed by atoms with Crippen LogP contribution in [-0.2, 0) is 21.2 Å². The van der Waals surface area contributed by atoms with E-state index >= 15 is 0 Å². The number of nitrogens with one attached hydrogen (secondary N) is 1. The van der Waals surface area contributed by atoms with Crippen molar-refractivity contribution in [3.63, 3.8) is 0 Å². The van der Waals surface area contributed by atoms with Crippen molar-refractivity contribution in [2.24, 2.45) is 0 Å². The molecule has 0 unspecified atom stereocenters. The van der Waals surface area contributed by atoms with E-state index in [0.29, 0.717) is 23.1 Å². The predicted molar refractivity (Wildman–Crippen MR) is 101 cm³/mol. The number of halogens is 1. The smallest absolute Gasteiger partial charge is 0.336 e. The fourth-order valence-corrected chi connectivity index (χ4v) is 3.91. The lowest BCUT2D eigenvalue weighted by Gasteiger charge is -2.09. The summed E-state index contributed by atoms with van der Waals surface area (Å²) in [6.45, 7) is 1.83. The molecule has 0 aromatic heterocycles. The molecule has 140 valence electrons. The van der Waals surface area contributed by atoms with Gasteiger partial charge in [0.2, 0.25) is 10.0 Å². The van der Waals surface area contributed by atoms with E-state index in [0.717, 1.165) is 11.1 Å². The number of hydrogen-bond donors (Lipinski definition) is 2. The van der Waals surface area contributed by atoms with Crippen LogP contribution < -0.4 is 4.72 Å². The van der Waals surface area contributed by atoms with Crippen molar-refractivity contribution in [3.8, 4) is 0 Å². The summed E-state index contributed by atoms with van der Waals surface area (Å²) < 4.78 is 39.5. The van der Waals surface area contributed by atoms with Crippen LogP contribution in [0.4, 0.5) is 4.39 Å². The topological polar surface area (TPSA) is 83.5 Å². The highest BCUT2D eigenvalue weighted by Crippen LogP contribution is 2.38. The second-order valence-corrected chi connectivity index (χ2v) is 8.16. The van der Waals surface area contributed by atoms with Crippen molar-refractivity contribution in [1.29, 1.82) is 0 Å². The Morgan fingerprint density at radius 2 is 1.85 bits per heavy atom. The number of benzene rings is 2. The molecule has 5 nitrogen and oxygen atoms in total. The van der Waals surface area contributed by atoms with Gasteiger partial charge in [0.1, 0.15) is 5.82 Å². The average molecular weight is 387 g/mol. The number of aliphatic carboxylic acids is 1. The number of carboxylic acid groups (broad SMARTS) is 1. The van der Waals surface area contributed by atoms with Crippen LogP contribution in [0.1, 0.15) is 23.6 Å². The standard InChI is InChI=1S/C20H18FNO4S/c1-12-9-14-5-6-15(21)11-17(14)19(12)18(20(23)24)10-13-3-7-16(8-4-13)27(25,26)22-2/h3-8,10-11,22H,9H2,1-2H3,(H,23,24)/b18-10-. The molecular weight excluding hydrogens is 369 g/mol. The summed E-state index contributed by atoms with van der Waals surface area (Å²) in [6, 6.07) is 10.2. The van der Waals surface area contributed by atoms with Crippen molar-refractivity contribution >= 4 is 27.6 Å². The molecule has 0 bridgehead atoms. The van der Waals surface area contributed by atoms with E-state index in [9.17, 15) is 22.7 Å². The molecule has 2 aromatic rings. The van der Waals surface area contributed by atoms with E-state index in [4.69, 9.17) is 0 Å². The second kappa shape index (κ2) is 7.09. The van der Waals surface area contributed by atoms with Crippen molar-refractivity contribution in [2.45, 2.75) is 18.2 Å². The molecule has 0 spiro atoms. The lowest BCUT2D eigenvalue weighted by Crippen LogP contribution is -2.18. The third-order valence-corrected chi connectivity index (χ3v) is 5.92. The van der Waals surface area contributed by atoms with Gasteiger partial charge >= 0.3 is 5.97 Å². The van der Waals surface area contributed by atoms with Crippen LogP contribution in [0.5, 0.6) is 0 Å². The lowest BCUT2D eigenvalue weighted by atomic mass is 9.95. The van der Waals surface area contributed by atoms with Crippen molar-refractivity contribution < 1.29 is 22.7 Å². The molecule has 2 N–H and O–H groups in total. The van der Waals surface area contributed by atoms with Crippen LogP contribution in [-0.4, -0.2) is 26.5 Å². The zero-order valence-electron chi connectivity index (χ0n) is 14.8. The summed E-state index contributed by atoms with van der Waals surface area (Å²) in [6.07, 6.45) is 2.03. The highest BCUT2D eigenvalue weighted by molar-refractivity contribution is 7.89. The molecule has 0 fully saturated rings. The molecule has 0 saturated heterocycles. The molecule has 0 amide bonds. The normalized spacial score (nSPS) is 14.4. The molecule has 1 aliphatic rings. The SMILES string of the molecule is CNS(=O)(=O)c1ccc(/C=C(\C(=O)O)C2=C(C)Cc3ccc(F)cc32)cc1. The quantitative estimate of drug-likeness (QED) is 0.772. The summed E-state index contributed by atoms with van der Waals surface area (Å²) in [4.78, 5) is 12.0. The van der Waals surface area contributed by atoms with E-state index in [1.165, 1.54) is 49.5 Å². The van der Waals surface area contributed by atoms with Crippen LogP contribution in [0.3, 0.4) is 0 Å². The van der Waals surface area contributed by atoms with Gasteiger partial charge in [-0.25, -0.2) is 22.3 Å². The minimum atomic E-state index is -3.57. The first kappa shape index (κ1) is 19.0. The predicted octanol–water partition coefficient (Wildman–Crippen LogP) is 3.23. The summed E-state index contributed by atoms with van der Waals surface area (Å²) >= 11 is 0. The van der Waals surface area contributed by atoms with Crippen LogP contribution in [0.25, 0.3) is 11.6 Å². The summed E-state index contributed by atoms with van der Waals surface area (Å²) in [5.74, 6) is -1.55. The highest BCUT2D eigenvalue weighted by atomic mass is 32.2. The van der Waals surface area contributed by atoms with Gasteiger partial charge in [0.15, 0.2) is 0 Å². The molecule has 1 aliphatic carbocycles. The number of carboxylic acids is 1. The van der Waals surface area contributed by atoms with Gasteiger partial charge in [0.25, 0.3) is 0 Å². The zero-order valence-corrected chi connectivity index (χ0v) is 15.6. The van der Waals surface area contributed by atoms with Gasteiger partial charge in [-0.15, -0.1) is 0 Å². The van der Waals surface area contributed by atoms with Gasteiger partial charge in [-0.1, -0.05) is 23.8 Å². The Morgan fingerprint density at radius 1 is 1.19 bits per heavy atom. The maximum Gasteiger partial charge on any atom is 0.336 e. The number of rotatable bonds is 5. The van der Waals surface area contributed by atoms with Gasteiger partial charge in [-0.2, -0.15) is 0 Å². The fourth-order valence-electron chi connectivity index (χ4n) is 3.18. The Kier molecular flexibility index (Phi) is 4.99. The number of fused-ring (bicyclic) bond motifs is 1. The molecule has 0 radical (unpaired) electrons. The first-order valence-electron chi connectivity index (χ1n) is 8.20. The Balaban J connectivity index is 2.07. The average Bonchev–Trinajstić information content (AvgIpc) is 2.95. The number of sulfonamides is 1. The third-order valence-electron chi connectivity index (χ3n) is 4.49. The lowest BCUT2D eigenvalue weighted by molar-refractivity contribution is -0.132. The number of hydrogen-bond acceptors (Lipinski definition) is 3. The van der Waals surface area contributed by atoms with E-state index in [1.54, 1.807) is 6.07 Å². The first-order chi connectivity index (χ1) is 12.7. The van der Waals surface area contributed by atoms with Crippen LogP contribution >= 0.6 is 0 Å². The minimum Gasteiger partial charge on any atom is -0.478 e. The molecule has 2 aromatic carbocycles. The maximum atomic E-state index is 13.7. The molecule has 3 rings (SSSR count). The molecule has 0 aliphatic heterocycles. The third kappa shape index (κ3) is 3.70. The van der Waals surface area contributed by atoms with Gasteiger partial charge in [-0.05, 0) is 73.0 Å². The molecular formula is C20H18FNO4S. The Hall–Kier alpha value is -2.77. The monoisotopic (exact) mass is 387 g/mol.